The quantitative estimate of drug-likeness (QED) is 0.395. The number of nitrogens with zero attached hydrogens (tertiary/aromatic N) is 2. The summed E-state index contributed by atoms with van der Waals surface area (Å²) in [4.78, 5) is 27.0. The van der Waals surface area contributed by atoms with Gasteiger partial charge in [-0.2, -0.15) is 39.5 Å². The summed E-state index contributed by atoms with van der Waals surface area (Å²) in [5.41, 5.74) is -4.79. The summed E-state index contributed by atoms with van der Waals surface area (Å²) in [5, 5.41) is 0. The summed E-state index contributed by atoms with van der Waals surface area (Å²) >= 11 is 0. The van der Waals surface area contributed by atoms with E-state index >= 15 is 0 Å². The minimum absolute atomic E-state index is 0.0556. The van der Waals surface area contributed by atoms with Crippen molar-refractivity contribution >= 4 is 17.5 Å². The molecule has 0 spiro atoms. The number of halogens is 9. The molecule has 37 heavy (non-hydrogen) atoms. The minimum atomic E-state index is -5.12. The van der Waals surface area contributed by atoms with Gasteiger partial charge in [0, 0.05) is 32.1 Å². The van der Waals surface area contributed by atoms with Crippen molar-refractivity contribution in [2.75, 3.05) is 4.90 Å². The van der Waals surface area contributed by atoms with E-state index in [1.165, 1.54) is 11.8 Å². The first-order valence-electron chi connectivity index (χ1n) is 10.9. The maximum Gasteiger partial charge on any atom is 0.416 e. The van der Waals surface area contributed by atoms with Crippen LogP contribution in [0, 0.1) is 0 Å². The van der Waals surface area contributed by atoms with Crippen molar-refractivity contribution < 1.29 is 49.1 Å². The van der Waals surface area contributed by atoms with E-state index in [0.717, 1.165) is 30.0 Å². The fraction of sp³-hybridized carbons (Fsp3) is 0.417. The van der Waals surface area contributed by atoms with Gasteiger partial charge < -0.3 is 9.80 Å². The van der Waals surface area contributed by atoms with Crippen LogP contribution < -0.4 is 4.90 Å². The zero-order valence-corrected chi connectivity index (χ0v) is 19.6. The highest BCUT2D eigenvalue weighted by Crippen LogP contribution is 2.44. The summed E-state index contributed by atoms with van der Waals surface area (Å²) < 4.78 is 120. The number of rotatable bonds is 3. The number of alkyl halides is 9. The monoisotopic (exact) mass is 540 g/mol. The summed E-state index contributed by atoms with van der Waals surface area (Å²) in [6.07, 6.45) is -15.1. The molecule has 1 heterocycles. The van der Waals surface area contributed by atoms with Crippen LogP contribution in [0.2, 0.25) is 0 Å². The smallest absolute Gasteiger partial charge is 0.331 e. The largest absolute Gasteiger partial charge is 0.416 e. The molecule has 13 heteroatoms. The topological polar surface area (TPSA) is 40.6 Å². The third-order valence-corrected chi connectivity index (χ3v) is 6.10. The van der Waals surface area contributed by atoms with E-state index in [-0.39, 0.29) is 23.7 Å². The van der Waals surface area contributed by atoms with Crippen LogP contribution in [-0.4, -0.2) is 22.8 Å². The predicted molar refractivity (Wildman–Crippen MR) is 114 cm³/mol. The third kappa shape index (κ3) is 6.02. The van der Waals surface area contributed by atoms with Gasteiger partial charge in [0.1, 0.15) is 0 Å². The van der Waals surface area contributed by atoms with Gasteiger partial charge in [0.2, 0.25) is 11.8 Å². The molecule has 2 amide bonds. The highest BCUT2D eigenvalue weighted by Gasteiger charge is 2.41. The number of amides is 2. The van der Waals surface area contributed by atoms with Crippen LogP contribution in [0.1, 0.15) is 61.1 Å². The molecule has 0 bridgehead atoms. The lowest BCUT2D eigenvalue weighted by atomic mass is 9.88. The predicted octanol–water partition coefficient (Wildman–Crippen LogP) is 6.98. The van der Waals surface area contributed by atoms with E-state index in [2.05, 4.69) is 0 Å². The van der Waals surface area contributed by atoms with Crippen molar-refractivity contribution in [3.8, 4) is 0 Å². The maximum absolute atomic E-state index is 13.5. The van der Waals surface area contributed by atoms with Gasteiger partial charge in [-0.15, -0.1) is 0 Å². The molecule has 0 N–H and O–H groups in total. The molecule has 0 aromatic heterocycles. The van der Waals surface area contributed by atoms with Gasteiger partial charge in [-0.3, -0.25) is 9.59 Å². The zero-order valence-electron chi connectivity index (χ0n) is 19.6. The highest BCUT2D eigenvalue weighted by atomic mass is 19.4. The Bertz CT molecular complexity index is 1170. The van der Waals surface area contributed by atoms with Gasteiger partial charge in [0.05, 0.1) is 22.7 Å². The Hall–Kier alpha value is -3.25. The van der Waals surface area contributed by atoms with Crippen LogP contribution in [-0.2, 0) is 34.7 Å². The summed E-state index contributed by atoms with van der Waals surface area (Å²) in [6.45, 7) is 3.03. The van der Waals surface area contributed by atoms with E-state index < -0.39 is 71.2 Å². The van der Waals surface area contributed by atoms with Gasteiger partial charge in [-0.25, -0.2) is 0 Å². The van der Waals surface area contributed by atoms with Gasteiger partial charge in [-0.05, 0) is 60.9 Å². The van der Waals surface area contributed by atoms with E-state index in [1.54, 1.807) is 6.92 Å². The lowest BCUT2D eigenvalue weighted by Gasteiger charge is -2.43. The fourth-order valence-electron chi connectivity index (χ4n) is 4.53. The number of anilines is 1. The molecule has 202 valence electrons. The van der Waals surface area contributed by atoms with Crippen molar-refractivity contribution in [1.29, 1.82) is 0 Å². The first kappa shape index (κ1) is 28.3. The molecule has 2 aromatic rings. The highest BCUT2D eigenvalue weighted by molar-refractivity contribution is 5.94. The molecule has 4 nitrogen and oxygen atoms in total. The van der Waals surface area contributed by atoms with Crippen LogP contribution in [0.4, 0.5) is 45.2 Å². The van der Waals surface area contributed by atoms with Crippen molar-refractivity contribution in [3.63, 3.8) is 0 Å². The lowest BCUT2D eigenvalue weighted by molar-refractivity contribution is -0.143. The number of benzene rings is 2. The molecule has 2 aromatic carbocycles. The molecule has 0 saturated heterocycles. The Morgan fingerprint density at radius 1 is 0.838 bits per heavy atom. The van der Waals surface area contributed by atoms with Crippen LogP contribution in [0.25, 0.3) is 0 Å². The lowest BCUT2D eigenvalue weighted by Crippen LogP contribution is -2.46. The average molecular weight is 540 g/mol. The first-order chi connectivity index (χ1) is 16.8. The first-order valence-corrected chi connectivity index (χ1v) is 10.9. The van der Waals surface area contributed by atoms with Crippen molar-refractivity contribution in [2.24, 2.45) is 0 Å². The molecular weight excluding hydrogens is 519 g/mol. The van der Waals surface area contributed by atoms with Gasteiger partial charge in [-0.1, -0.05) is 0 Å². The van der Waals surface area contributed by atoms with Crippen molar-refractivity contribution in [3.05, 3.63) is 64.2 Å². The van der Waals surface area contributed by atoms with Gasteiger partial charge in [0.25, 0.3) is 0 Å². The second-order valence-corrected chi connectivity index (χ2v) is 8.82. The molecule has 0 fully saturated rings. The van der Waals surface area contributed by atoms with Gasteiger partial charge >= 0.3 is 18.5 Å². The zero-order chi connectivity index (χ0) is 28.1. The standard InChI is InChI=1S/C24H21F9N2O2/c1-12-6-21(19-10-16(22(25,26)27)4-5-20(19)35(12)14(3)37)34(13(2)36)11-15-7-17(23(28,29)30)9-18(8-15)24(31,32)33/h4-5,7-10,12,21H,6,11H2,1-3H3/t12-,21+/m1/s1. The van der Waals surface area contributed by atoms with Crippen LogP contribution >= 0.6 is 0 Å². The SMILES string of the molecule is CC(=O)N(Cc1cc(C(F)(F)F)cc(C(F)(F)F)c1)[C@H]1C[C@@H](C)N(C(C)=O)c2ccc(C(F)(F)F)cc21. The van der Waals surface area contributed by atoms with Crippen LogP contribution in [0.3, 0.4) is 0 Å². The number of carbonyl (C=O) groups is 2. The normalized spacial score (nSPS) is 18.4. The summed E-state index contributed by atoms with van der Waals surface area (Å²) in [7, 11) is 0. The number of hydrogen-bond acceptors (Lipinski definition) is 2. The molecule has 1 aliphatic heterocycles. The maximum atomic E-state index is 13.5. The number of fused-ring (bicyclic) bond motifs is 1. The summed E-state index contributed by atoms with van der Waals surface area (Å²) in [6, 6.07) is 1.63. The second-order valence-electron chi connectivity index (χ2n) is 8.82. The average Bonchev–Trinajstić information content (AvgIpc) is 2.74. The Morgan fingerprint density at radius 3 is 1.78 bits per heavy atom. The van der Waals surface area contributed by atoms with E-state index in [4.69, 9.17) is 0 Å². The Kier molecular flexibility index (Phi) is 7.32. The summed E-state index contributed by atoms with van der Waals surface area (Å²) in [5.74, 6) is -1.28. The van der Waals surface area contributed by atoms with Gasteiger partial charge in [0.15, 0.2) is 0 Å². The fourth-order valence-corrected chi connectivity index (χ4v) is 4.53. The molecule has 3 rings (SSSR count). The Morgan fingerprint density at radius 2 is 1.35 bits per heavy atom. The van der Waals surface area contributed by atoms with E-state index in [1.807, 2.05) is 0 Å². The van der Waals surface area contributed by atoms with Crippen molar-refractivity contribution in [1.82, 2.24) is 4.90 Å². The molecule has 2 atom stereocenters. The number of hydrogen-bond donors (Lipinski definition) is 0. The Labute approximate surface area is 205 Å². The molecular formula is C24H21F9N2O2. The van der Waals surface area contributed by atoms with Crippen LogP contribution in [0.15, 0.2) is 36.4 Å². The van der Waals surface area contributed by atoms with E-state index in [9.17, 15) is 49.1 Å². The molecule has 0 aliphatic carbocycles. The molecule has 0 saturated carbocycles. The second kappa shape index (κ2) is 9.56. The third-order valence-electron chi connectivity index (χ3n) is 6.10. The molecule has 0 unspecified atom stereocenters. The van der Waals surface area contributed by atoms with Crippen LogP contribution in [0.5, 0.6) is 0 Å². The van der Waals surface area contributed by atoms with E-state index in [0.29, 0.717) is 12.1 Å². The minimum Gasteiger partial charge on any atom is -0.331 e. The Balaban J connectivity index is 2.16. The molecule has 0 radical (unpaired) electrons. The molecule has 1 aliphatic rings. The van der Waals surface area contributed by atoms with Crippen molar-refractivity contribution in [2.45, 2.75) is 64.3 Å². The number of carbonyl (C=O) groups excluding carboxylic acids is 2.